The molecule has 1 amide bonds. The van der Waals surface area contributed by atoms with E-state index in [1.807, 2.05) is 36.1 Å². The molecule has 11 heteroatoms. The highest BCUT2D eigenvalue weighted by molar-refractivity contribution is 6.03. The lowest BCUT2D eigenvalue weighted by Crippen LogP contribution is -2.42. The number of carbonyl (C=O) groups is 1. The summed E-state index contributed by atoms with van der Waals surface area (Å²) in [5.74, 6) is -0.125. The molecule has 2 heterocycles. The monoisotopic (exact) mass is 579 g/mol. The number of benzene rings is 2. The molecule has 0 spiro atoms. The second-order valence-corrected chi connectivity index (χ2v) is 10.8. The van der Waals surface area contributed by atoms with Crippen LogP contribution in [0.5, 0.6) is 0 Å². The number of aryl methyl sites for hydroxylation is 1. The summed E-state index contributed by atoms with van der Waals surface area (Å²) in [6.45, 7) is 5.12. The Kier molecular flexibility index (Phi) is 8.14. The van der Waals surface area contributed by atoms with Gasteiger partial charge >= 0.3 is 12.4 Å². The number of hydrogen-bond acceptors (Lipinski definition) is 4. The van der Waals surface area contributed by atoms with Crippen LogP contribution < -0.4 is 9.80 Å². The highest BCUT2D eigenvalue weighted by Gasteiger charge is 2.41. The first-order chi connectivity index (χ1) is 19.1. The molecule has 0 unspecified atom stereocenters. The third-order valence-corrected chi connectivity index (χ3v) is 7.70. The van der Waals surface area contributed by atoms with Crippen molar-refractivity contribution in [2.75, 3.05) is 30.0 Å². The minimum atomic E-state index is -5.04. The third kappa shape index (κ3) is 6.05. The van der Waals surface area contributed by atoms with Crippen LogP contribution in [-0.2, 0) is 22.6 Å². The van der Waals surface area contributed by atoms with Crippen LogP contribution in [0.25, 0.3) is 11.1 Å². The quantitative estimate of drug-likeness (QED) is 0.320. The predicted molar refractivity (Wildman–Crippen MR) is 145 cm³/mol. The van der Waals surface area contributed by atoms with Crippen molar-refractivity contribution in [3.63, 3.8) is 0 Å². The zero-order chi connectivity index (χ0) is 30.3. The number of alkyl halides is 6. The molecule has 41 heavy (non-hydrogen) atoms. The Morgan fingerprint density at radius 2 is 1.56 bits per heavy atom. The highest BCUT2D eigenvalue weighted by atomic mass is 19.4. The molecule has 5 nitrogen and oxygen atoms in total. The fourth-order valence-electron chi connectivity index (χ4n) is 5.25. The van der Waals surface area contributed by atoms with Gasteiger partial charge in [-0.2, -0.15) is 26.3 Å². The fraction of sp³-hybridized carbons (Fsp3) is 0.400. The van der Waals surface area contributed by atoms with Crippen LogP contribution in [0.2, 0.25) is 0 Å². The summed E-state index contributed by atoms with van der Waals surface area (Å²) >= 11 is 0. The van der Waals surface area contributed by atoms with E-state index in [4.69, 9.17) is 0 Å². The van der Waals surface area contributed by atoms with E-state index in [2.05, 4.69) is 4.98 Å². The van der Waals surface area contributed by atoms with E-state index in [0.29, 0.717) is 35.7 Å². The summed E-state index contributed by atoms with van der Waals surface area (Å²) < 4.78 is 81.3. The number of halogens is 6. The summed E-state index contributed by atoms with van der Waals surface area (Å²) in [4.78, 5) is 21.6. The number of carbonyl (C=O) groups excluding carboxylic acids is 1. The summed E-state index contributed by atoms with van der Waals surface area (Å²) in [6.07, 6.45) is -6.94. The zero-order valence-corrected chi connectivity index (χ0v) is 23.1. The van der Waals surface area contributed by atoms with Gasteiger partial charge in [0.15, 0.2) is 0 Å². The third-order valence-electron chi connectivity index (χ3n) is 7.70. The number of amides is 1. The van der Waals surface area contributed by atoms with Crippen LogP contribution in [0.3, 0.4) is 0 Å². The molecule has 1 saturated heterocycles. The molecule has 4 rings (SSSR count). The first kappa shape index (κ1) is 30.4. The van der Waals surface area contributed by atoms with Gasteiger partial charge in [0.05, 0.1) is 41.1 Å². The van der Waals surface area contributed by atoms with Crippen molar-refractivity contribution >= 4 is 17.4 Å². The number of pyridine rings is 1. The molecule has 0 radical (unpaired) electrons. The molecule has 0 saturated carbocycles. The summed E-state index contributed by atoms with van der Waals surface area (Å²) in [6, 6.07) is 10.3. The van der Waals surface area contributed by atoms with E-state index in [0.717, 1.165) is 24.0 Å². The Balaban J connectivity index is 1.82. The average molecular weight is 580 g/mol. The Bertz CT molecular complexity index is 1400. The maximum Gasteiger partial charge on any atom is 0.416 e. The van der Waals surface area contributed by atoms with Gasteiger partial charge in [0, 0.05) is 19.2 Å². The van der Waals surface area contributed by atoms with E-state index in [1.54, 1.807) is 6.07 Å². The summed E-state index contributed by atoms with van der Waals surface area (Å²) in [7, 11) is 1.42. The van der Waals surface area contributed by atoms with Gasteiger partial charge < -0.3 is 14.9 Å². The predicted octanol–water partition coefficient (Wildman–Crippen LogP) is 7.00. The van der Waals surface area contributed by atoms with Crippen LogP contribution >= 0.6 is 0 Å². The minimum absolute atomic E-state index is 0.0463. The van der Waals surface area contributed by atoms with Gasteiger partial charge in [-0.1, -0.05) is 24.3 Å². The smallest absolute Gasteiger partial charge is 0.394 e. The molecule has 3 aromatic rings. The van der Waals surface area contributed by atoms with Crippen molar-refractivity contribution in [2.45, 2.75) is 57.4 Å². The van der Waals surface area contributed by atoms with E-state index in [1.165, 1.54) is 32.0 Å². The molecule has 0 bridgehead atoms. The molecule has 1 atom stereocenters. The summed E-state index contributed by atoms with van der Waals surface area (Å²) in [5, 5.41) is 9.82. The molecule has 1 aromatic heterocycles. The standard InChI is InChI=1S/C30H31F6N3O2/c1-18-8-5-6-10-23(18)24-15-26(39-11-7-9-22(39)17-40)37-16-25(24)38(4)27(41)28(2,3)19-12-20(29(31,32)33)14-21(13-19)30(34,35)36/h5-6,8,10,12-16,22,40H,7,9,11,17H2,1-4H3/t22-/m1/s1. The number of aliphatic hydroxyl groups is 1. The van der Waals surface area contributed by atoms with Crippen molar-refractivity contribution in [2.24, 2.45) is 0 Å². The number of nitrogens with zero attached hydrogens (tertiary/aromatic N) is 3. The van der Waals surface area contributed by atoms with Crippen LogP contribution in [0.15, 0.2) is 54.7 Å². The van der Waals surface area contributed by atoms with Crippen LogP contribution in [0, 0.1) is 6.92 Å². The average Bonchev–Trinajstić information content (AvgIpc) is 3.40. The molecular weight excluding hydrogens is 548 g/mol. The molecule has 220 valence electrons. The van der Waals surface area contributed by atoms with Crippen molar-refractivity contribution in [3.05, 3.63) is 77.0 Å². The second kappa shape index (κ2) is 11.0. The fourth-order valence-corrected chi connectivity index (χ4v) is 5.25. The summed E-state index contributed by atoms with van der Waals surface area (Å²) in [5.41, 5.74) is -2.54. The molecular formula is C30H31F6N3O2. The number of hydrogen-bond donors (Lipinski definition) is 1. The SMILES string of the molecule is Cc1ccccc1-c1cc(N2CCC[C@@H]2CO)ncc1N(C)C(=O)C(C)(C)c1cc(C(F)(F)F)cc(C(F)(F)F)c1. The van der Waals surface area contributed by atoms with Gasteiger partial charge in [-0.15, -0.1) is 0 Å². The maximum absolute atomic E-state index is 13.9. The van der Waals surface area contributed by atoms with Crippen molar-refractivity contribution in [1.29, 1.82) is 0 Å². The number of aliphatic hydroxyl groups excluding tert-OH is 1. The van der Waals surface area contributed by atoms with E-state index in [9.17, 15) is 36.2 Å². The Hall–Kier alpha value is -3.60. The number of aromatic nitrogens is 1. The lowest BCUT2D eigenvalue weighted by atomic mass is 9.81. The zero-order valence-electron chi connectivity index (χ0n) is 23.1. The van der Waals surface area contributed by atoms with Crippen molar-refractivity contribution < 1.29 is 36.2 Å². The van der Waals surface area contributed by atoms with E-state index < -0.39 is 40.4 Å². The van der Waals surface area contributed by atoms with Gasteiger partial charge in [0.2, 0.25) is 5.91 Å². The Morgan fingerprint density at radius 1 is 0.976 bits per heavy atom. The first-order valence-electron chi connectivity index (χ1n) is 13.1. The lowest BCUT2D eigenvalue weighted by Gasteiger charge is -2.32. The second-order valence-electron chi connectivity index (χ2n) is 10.8. The topological polar surface area (TPSA) is 56.7 Å². The van der Waals surface area contributed by atoms with Gasteiger partial charge in [-0.3, -0.25) is 4.79 Å². The maximum atomic E-state index is 13.9. The van der Waals surface area contributed by atoms with Gasteiger partial charge in [-0.05, 0) is 74.6 Å². The Labute approximate surface area is 234 Å². The first-order valence-corrected chi connectivity index (χ1v) is 13.1. The van der Waals surface area contributed by atoms with Gasteiger partial charge in [0.25, 0.3) is 0 Å². The van der Waals surface area contributed by atoms with Crippen LogP contribution in [0.4, 0.5) is 37.8 Å². The normalized spacial score (nSPS) is 16.3. The van der Waals surface area contributed by atoms with Gasteiger partial charge in [0.1, 0.15) is 5.82 Å². The largest absolute Gasteiger partial charge is 0.416 e. The molecule has 0 aliphatic carbocycles. The van der Waals surface area contributed by atoms with E-state index in [-0.39, 0.29) is 18.7 Å². The number of rotatable bonds is 6. The van der Waals surface area contributed by atoms with Crippen molar-refractivity contribution in [3.8, 4) is 11.1 Å². The molecule has 2 aromatic carbocycles. The minimum Gasteiger partial charge on any atom is -0.394 e. The van der Waals surface area contributed by atoms with E-state index >= 15 is 0 Å². The van der Waals surface area contributed by atoms with Crippen LogP contribution in [0.1, 0.15) is 48.9 Å². The van der Waals surface area contributed by atoms with Crippen molar-refractivity contribution in [1.82, 2.24) is 4.98 Å². The van der Waals surface area contributed by atoms with Crippen LogP contribution in [-0.4, -0.2) is 42.2 Å². The Morgan fingerprint density at radius 3 is 2.12 bits per heavy atom. The highest BCUT2D eigenvalue weighted by Crippen LogP contribution is 2.41. The molecule has 1 aliphatic rings. The van der Waals surface area contributed by atoms with Gasteiger partial charge in [-0.25, -0.2) is 4.98 Å². The lowest BCUT2D eigenvalue weighted by molar-refractivity contribution is -0.143. The number of anilines is 2. The molecule has 1 fully saturated rings. The molecule has 1 aliphatic heterocycles. The number of likely N-dealkylation sites (N-methyl/N-ethyl adjacent to an activating group) is 1. The molecule has 1 N–H and O–H groups in total.